The molecule has 0 aliphatic rings. The third-order valence-electron chi connectivity index (χ3n) is 3.84. The molecule has 136 valence electrons. The van der Waals surface area contributed by atoms with Crippen LogP contribution in [0.15, 0.2) is 36.8 Å². The predicted molar refractivity (Wildman–Crippen MR) is 111 cm³/mol. The summed E-state index contributed by atoms with van der Waals surface area (Å²) >= 11 is 14.2. The Morgan fingerprint density at radius 2 is 2.04 bits per heavy atom. The van der Waals surface area contributed by atoms with Crippen molar-refractivity contribution in [3.8, 4) is 0 Å². The SMILES string of the molecule is Cc1c(I)cnn1CCC(=O)Nc1cnn(Cc2ccc(Cl)c(Cl)c2)c1. The molecule has 2 aromatic heterocycles. The fraction of sp³-hybridized carbons (Fsp3) is 0.235. The van der Waals surface area contributed by atoms with Gasteiger partial charge in [-0.1, -0.05) is 29.3 Å². The van der Waals surface area contributed by atoms with E-state index in [1.807, 2.05) is 17.7 Å². The minimum absolute atomic E-state index is 0.0796. The fourth-order valence-corrected chi connectivity index (χ4v) is 3.14. The zero-order chi connectivity index (χ0) is 18.7. The van der Waals surface area contributed by atoms with Gasteiger partial charge in [0, 0.05) is 18.3 Å². The van der Waals surface area contributed by atoms with Crippen molar-refractivity contribution in [3.63, 3.8) is 0 Å². The molecule has 9 heteroatoms. The number of rotatable bonds is 6. The van der Waals surface area contributed by atoms with Crippen LogP contribution in [-0.2, 0) is 17.9 Å². The number of benzene rings is 1. The van der Waals surface area contributed by atoms with Gasteiger partial charge in [0.1, 0.15) is 0 Å². The van der Waals surface area contributed by atoms with Gasteiger partial charge < -0.3 is 5.32 Å². The third-order valence-corrected chi connectivity index (χ3v) is 5.64. The van der Waals surface area contributed by atoms with Gasteiger partial charge in [0.15, 0.2) is 0 Å². The highest BCUT2D eigenvalue weighted by molar-refractivity contribution is 14.1. The Morgan fingerprint density at radius 1 is 1.23 bits per heavy atom. The average molecular weight is 504 g/mol. The first-order chi connectivity index (χ1) is 12.4. The molecular formula is C17H16Cl2IN5O. The van der Waals surface area contributed by atoms with Crippen LogP contribution in [0.4, 0.5) is 5.69 Å². The van der Waals surface area contributed by atoms with E-state index in [1.165, 1.54) is 0 Å². The summed E-state index contributed by atoms with van der Waals surface area (Å²) in [7, 11) is 0. The first-order valence-corrected chi connectivity index (χ1v) is 9.70. The maximum atomic E-state index is 12.1. The molecular weight excluding hydrogens is 488 g/mol. The molecule has 0 spiro atoms. The number of amides is 1. The topological polar surface area (TPSA) is 64.7 Å². The maximum absolute atomic E-state index is 12.1. The zero-order valence-corrected chi connectivity index (χ0v) is 17.6. The van der Waals surface area contributed by atoms with Crippen molar-refractivity contribution in [1.29, 1.82) is 0 Å². The molecule has 26 heavy (non-hydrogen) atoms. The van der Waals surface area contributed by atoms with Gasteiger partial charge in [0.25, 0.3) is 0 Å². The summed E-state index contributed by atoms with van der Waals surface area (Å²) in [5, 5.41) is 12.4. The van der Waals surface area contributed by atoms with Gasteiger partial charge in [-0.3, -0.25) is 14.2 Å². The highest BCUT2D eigenvalue weighted by Crippen LogP contribution is 2.23. The number of nitrogens with zero attached hydrogens (tertiary/aromatic N) is 4. The van der Waals surface area contributed by atoms with Crippen LogP contribution in [0.3, 0.4) is 0 Å². The Morgan fingerprint density at radius 3 is 2.73 bits per heavy atom. The van der Waals surface area contributed by atoms with Crippen LogP contribution in [-0.4, -0.2) is 25.5 Å². The molecule has 1 N–H and O–H groups in total. The molecule has 3 rings (SSSR count). The molecule has 1 aromatic carbocycles. The van der Waals surface area contributed by atoms with Gasteiger partial charge in [0.05, 0.1) is 44.8 Å². The summed E-state index contributed by atoms with van der Waals surface area (Å²) in [6.45, 7) is 3.06. The molecule has 0 fully saturated rings. The lowest BCUT2D eigenvalue weighted by Gasteiger charge is -2.05. The van der Waals surface area contributed by atoms with Crippen LogP contribution in [0, 0.1) is 10.5 Å². The van der Waals surface area contributed by atoms with Crippen molar-refractivity contribution < 1.29 is 4.79 Å². The minimum Gasteiger partial charge on any atom is -0.323 e. The molecule has 6 nitrogen and oxygen atoms in total. The average Bonchev–Trinajstić information content (AvgIpc) is 3.17. The van der Waals surface area contributed by atoms with Crippen molar-refractivity contribution >= 4 is 57.4 Å². The summed E-state index contributed by atoms with van der Waals surface area (Å²) in [6, 6.07) is 5.45. The first kappa shape index (κ1) is 19.2. The molecule has 0 atom stereocenters. The number of nitrogens with one attached hydrogen (secondary N) is 1. The van der Waals surface area contributed by atoms with Crippen LogP contribution < -0.4 is 5.32 Å². The second-order valence-electron chi connectivity index (χ2n) is 5.77. The predicted octanol–water partition coefficient (Wildman–Crippen LogP) is 4.38. The summed E-state index contributed by atoms with van der Waals surface area (Å²) < 4.78 is 4.65. The Kier molecular flexibility index (Phi) is 6.20. The van der Waals surface area contributed by atoms with Crippen LogP contribution in [0.2, 0.25) is 10.0 Å². The Labute approximate surface area is 174 Å². The van der Waals surface area contributed by atoms with E-state index in [1.54, 1.807) is 35.4 Å². The summed E-state index contributed by atoms with van der Waals surface area (Å²) in [5.74, 6) is -0.0796. The van der Waals surface area contributed by atoms with E-state index in [4.69, 9.17) is 23.2 Å². The highest BCUT2D eigenvalue weighted by atomic mass is 127. The lowest BCUT2D eigenvalue weighted by Crippen LogP contribution is -2.15. The second-order valence-corrected chi connectivity index (χ2v) is 7.75. The highest BCUT2D eigenvalue weighted by Gasteiger charge is 2.09. The summed E-state index contributed by atoms with van der Waals surface area (Å²) in [4.78, 5) is 12.1. The molecule has 0 aliphatic carbocycles. The number of hydrogen-bond acceptors (Lipinski definition) is 3. The molecule has 0 saturated heterocycles. The van der Waals surface area contributed by atoms with E-state index in [0.29, 0.717) is 35.2 Å². The van der Waals surface area contributed by atoms with Gasteiger partial charge in [-0.2, -0.15) is 10.2 Å². The van der Waals surface area contributed by atoms with Gasteiger partial charge in [-0.25, -0.2) is 0 Å². The number of halogens is 3. The van der Waals surface area contributed by atoms with Crippen molar-refractivity contribution in [3.05, 3.63) is 61.7 Å². The van der Waals surface area contributed by atoms with Gasteiger partial charge in [0.2, 0.25) is 5.91 Å². The Bertz CT molecular complexity index is 937. The summed E-state index contributed by atoms with van der Waals surface area (Å²) in [6.07, 6.45) is 5.54. The van der Waals surface area contributed by atoms with E-state index in [9.17, 15) is 4.79 Å². The van der Waals surface area contributed by atoms with E-state index in [2.05, 4.69) is 38.1 Å². The number of hydrogen-bond donors (Lipinski definition) is 1. The number of carbonyl (C=O) groups excluding carboxylic acids is 1. The van der Waals surface area contributed by atoms with Gasteiger partial charge >= 0.3 is 0 Å². The number of aryl methyl sites for hydroxylation is 1. The maximum Gasteiger partial charge on any atom is 0.226 e. The number of anilines is 1. The van der Waals surface area contributed by atoms with Crippen LogP contribution in [0.5, 0.6) is 0 Å². The largest absolute Gasteiger partial charge is 0.323 e. The van der Waals surface area contributed by atoms with E-state index in [0.717, 1.165) is 14.8 Å². The monoisotopic (exact) mass is 503 g/mol. The van der Waals surface area contributed by atoms with Crippen LogP contribution in [0.1, 0.15) is 17.7 Å². The van der Waals surface area contributed by atoms with Crippen LogP contribution >= 0.6 is 45.8 Å². The quantitative estimate of drug-likeness (QED) is 0.508. The smallest absolute Gasteiger partial charge is 0.226 e. The van der Waals surface area contributed by atoms with Gasteiger partial charge in [-0.15, -0.1) is 0 Å². The molecule has 0 aliphatic heterocycles. The molecule has 1 amide bonds. The third kappa shape index (κ3) is 4.77. The molecule has 0 radical (unpaired) electrons. The van der Waals surface area contributed by atoms with Crippen molar-refractivity contribution in [1.82, 2.24) is 19.6 Å². The van der Waals surface area contributed by atoms with Gasteiger partial charge in [-0.05, 0) is 47.2 Å². The number of carbonyl (C=O) groups is 1. The van der Waals surface area contributed by atoms with Crippen molar-refractivity contribution in [2.45, 2.75) is 26.4 Å². The van der Waals surface area contributed by atoms with Crippen molar-refractivity contribution in [2.24, 2.45) is 0 Å². The molecule has 0 unspecified atom stereocenters. The molecule has 2 heterocycles. The lowest BCUT2D eigenvalue weighted by molar-refractivity contribution is -0.116. The van der Waals surface area contributed by atoms with E-state index >= 15 is 0 Å². The van der Waals surface area contributed by atoms with Crippen LogP contribution in [0.25, 0.3) is 0 Å². The standard InChI is InChI=1S/C17H16Cl2IN5O/c1-11-16(20)8-22-25(11)5-4-17(26)23-13-7-21-24(10-13)9-12-2-3-14(18)15(19)6-12/h2-3,6-8,10H,4-5,9H2,1H3,(H,23,26). The first-order valence-electron chi connectivity index (χ1n) is 7.86. The minimum atomic E-state index is -0.0796. The van der Waals surface area contributed by atoms with E-state index in [-0.39, 0.29) is 5.91 Å². The van der Waals surface area contributed by atoms with E-state index < -0.39 is 0 Å². The second kappa shape index (κ2) is 8.41. The van der Waals surface area contributed by atoms with Crippen molar-refractivity contribution in [2.75, 3.05) is 5.32 Å². The molecule has 0 saturated carbocycles. The molecule has 0 bridgehead atoms. The normalized spacial score (nSPS) is 10.9. The zero-order valence-electron chi connectivity index (χ0n) is 13.9. The summed E-state index contributed by atoms with van der Waals surface area (Å²) in [5.41, 5.74) is 2.69. The Balaban J connectivity index is 1.55. The molecule has 3 aromatic rings. The lowest BCUT2D eigenvalue weighted by atomic mass is 10.2. The fourth-order valence-electron chi connectivity index (χ4n) is 2.42. The number of aromatic nitrogens is 4. The Hall–Kier alpha value is -1.58.